The predicted octanol–water partition coefficient (Wildman–Crippen LogP) is 4.87. The molecule has 0 saturated carbocycles. The Kier molecular flexibility index (Phi) is 7.17. The number of carbonyl (C=O) groups is 1. The summed E-state index contributed by atoms with van der Waals surface area (Å²) in [4.78, 5) is 12.3. The number of methoxy groups -OCH3 is 1. The van der Waals surface area contributed by atoms with E-state index in [0.29, 0.717) is 16.3 Å². The van der Waals surface area contributed by atoms with E-state index < -0.39 is 27.3 Å². The molecule has 6 nitrogen and oxygen atoms in total. The summed E-state index contributed by atoms with van der Waals surface area (Å²) < 4.78 is 47.3. The molecule has 0 aliphatic heterocycles. The molecule has 0 bridgehead atoms. The number of ether oxygens (including phenoxy) is 1. The molecule has 2 N–H and O–H groups in total. The number of para-hydroxylation sites is 1. The molecule has 0 aliphatic rings. The third kappa shape index (κ3) is 5.54. The van der Waals surface area contributed by atoms with Crippen molar-refractivity contribution in [1.29, 1.82) is 0 Å². The minimum Gasteiger partial charge on any atom is -0.496 e. The highest BCUT2D eigenvalue weighted by Gasteiger charge is 2.20. The molecule has 0 spiro atoms. The second-order valence-corrected chi connectivity index (χ2v) is 8.94. The van der Waals surface area contributed by atoms with Gasteiger partial charge in [0.2, 0.25) is 10.0 Å². The first-order chi connectivity index (χ1) is 14.7. The van der Waals surface area contributed by atoms with E-state index in [1.807, 2.05) is 0 Å². The zero-order valence-corrected chi connectivity index (χ0v) is 18.5. The van der Waals surface area contributed by atoms with E-state index in [1.165, 1.54) is 25.3 Å². The third-order valence-corrected chi connectivity index (χ3v) is 6.45. The van der Waals surface area contributed by atoms with Gasteiger partial charge in [0.1, 0.15) is 11.6 Å². The Labute approximate surface area is 189 Å². The molecule has 0 unspecified atom stereocenters. The van der Waals surface area contributed by atoms with Crippen LogP contribution < -0.4 is 14.8 Å². The van der Waals surface area contributed by atoms with Crippen molar-refractivity contribution in [1.82, 2.24) is 4.72 Å². The van der Waals surface area contributed by atoms with Crippen LogP contribution in [0.3, 0.4) is 0 Å². The quantitative estimate of drug-likeness (QED) is 0.502. The number of nitrogens with one attached hydrogen (secondary N) is 2. The molecular weight excluding hydrogens is 466 g/mol. The van der Waals surface area contributed by atoms with Crippen LogP contribution in [0.2, 0.25) is 10.0 Å². The predicted molar refractivity (Wildman–Crippen MR) is 118 cm³/mol. The Balaban J connectivity index is 1.81. The van der Waals surface area contributed by atoms with Gasteiger partial charge in [0, 0.05) is 17.8 Å². The highest BCUT2D eigenvalue weighted by molar-refractivity contribution is 7.89. The number of benzene rings is 3. The fraction of sp³-hybridized carbons (Fsp3) is 0.0952. The van der Waals surface area contributed by atoms with Gasteiger partial charge in [-0.1, -0.05) is 41.4 Å². The first kappa shape index (κ1) is 23.0. The molecule has 31 heavy (non-hydrogen) atoms. The van der Waals surface area contributed by atoms with Gasteiger partial charge in [0.15, 0.2) is 0 Å². The molecule has 10 heteroatoms. The molecule has 0 saturated heterocycles. The Morgan fingerprint density at radius 2 is 1.77 bits per heavy atom. The maximum Gasteiger partial charge on any atom is 0.258 e. The zero-order chi connectivity index (χ0) is 22.6. The number of hydrogen-bond donors (Lipinski definition) is 2. The van der Waals surface area contributed by atoms with Crippen LogP contribution in [0.4, 0.5) is 10.1 Å². The number of rotatable bonds is 7. The fourth-order valence-corrected chi connectivity index (χ4v) is 4.05. The smallest absolute Gasteiger partial charge is 0.258 e. The lowest BCUT2D eigenvalue weighted by atomic mass is 10.2. The van der Waals surface area contributed by atoms with Crippen LogP contribution in [-0.2, 0) is 16.6 Å². The van der Waals surface area contributed by atoms with Crippen LogP contribution in [0.25, 0.3) is 0 Å². The van der Waals surface area contributed by atoms with Crippen molar-refractivity contribution in [3.8, 4) is 5.75 Å². The van der Waals surface area contributed by atoms with Gasteiger partial charge in [-0.3, -0.25) is 4.79 Å². The molecule has 0 radical (unpaired) electrons. The van der Waals surface area contributed by atoms with Crippen LogP contribution in [-0.4, -0.2) is 21.4 Å². The maximum absolute atomic E-state index is 14.3. The molecule has 162 valence electrons. The van der Waals surface area contributed by atoms with Crippen molar-refractivity contribution >= 4 is 44.8 Å². The lowest BCUT2D eigenvalue weighted by Crippen LogP contribution is -2.24. The molecule has 3 aromatic carbocycles. The Morgan fingerprint density at radius 1 is 1.03 bits per heavy atom. The minimum absolute atomic E-state index is 0.0471. The fourth-order valence-electron chi connectivity index (χ4n) is 2.72. The highest BCUT2D eigenvalue weighted by atomic mass is 35.5. The van der Waals surface area contributed by atoms with Crippen molar-refractivity contribution in [3.05, 3.63) is 87.7 Å². The number of anilines is 1. The number of amides is 1. The molecule has 0 atom stereocenters. The van der Waals surface area contributed by atoms with E-state index >= 15 is 0 Å². The van der Waals surface area contributed by atoms with Crippen molar-refractivity contribution in [2.45, 2.75) is 11.4 Å². The van der Waals surface area contributed by atoms with Gasteiger partial charge in [-0.25, -0.2) is 17.5 Å². The SMILES string of the molecule is COc1ccccc1CNS(=O)(=O)c1ccc(F)c(C(=O)Nc2ccc(Cl)c(Cl)c2)c1. The van der Waals surface area contributed by atoms with Crippen molar-refractivity contribution in [3.63, 3.8) is 0 Å². The second-order valence-electron chi connectivity index (χ2n) is 6.36. The molecular formula is C21H17Cl2FN2O4S. The van der Waals surface area contributed by atoms with Crippen molar-refractivity contribution in [2.24, 2.45) is 0 Å². The summed E-state index contributed by atoms with van der Waals surface area (Å²) in [7, 11) is -2.55. The summed E-state index contributed by atoms with van der Waals surface area (Å²) in [6, 6.07) is 14.2. The first-order valence-electron chi connectivity index (χ1n) is 8.89. The topological polar surface area (TPSA) is 84.5 Å². The van der Waals surface area contributed by atoms with Gasteiger partial charge in [-0.15, -0.1) is 0 Å². The standard InChI is InChI=1S/C21H17Cl2FN2O4S/c1-30-20-5-3-2-4-13(20)12-25-31(28,29)15-7-9-19(24)16(11-15)21(27)26-14-6-8-17(22)18(23)10-14/h2-11,25H,12H2,1H3,(H,26,27). The normalized spacial score (nSPS) is 11.2. The van der Waals surface area contributed by atoms with Crippen molar-refractivity contribution in [2.75, 3.05) is 12.4 Å². The molecule has 0 fully saturated rings. The Morgan fingerprint density at radius 3 is 2.48 bits per heavy atom. The molecule has 1 amide bonds. The van der Waals surface area contributed by atoms with Gasteiger partial charge in [-0.2, -0.15) is 0 Å². The average Bonchev–Trinajstić information content (AvgIpc) is 2.75. The van der Waals surface area contributed by atoms with E-state index in [2.05, 4.69) is 10.0 Å². The lowest BCUT2D eigenvalue weighted by molar-refractivity contribution is 0.102. The summed E-state index contributed by atoms with van der Waals surface area (Å²) in [5.41, 5.74) is 0.459. The van der Waals surface area contributed by atoms with Gasteiger partial charge in [0.25, 0.3) is 5.91 Å². The van der Waals surface area contributed by atoms with E-state index in [0.717, 1.165) is 18.2 Å². The lowest BCUT2D eigenvalue weighted by Gasteiger charge is -2.12. The second kappa shape index (κ2) is 9.65. The molecule has 0 aliphatic carbocycles. The summed E-state index contributed by atoms with van der Waals surface area (Å²) in [6.45, 7) is -0.0471. The molecule has 3 aromatic rings. The Hall–Kier alpha value is -2.65. The maximum atomic E-state index is 14.3. The van der Waals surface area contributed by atoms with E-state index in [1.54, 1.807) is 24.3 Å². The number of halogens is 3. The van der Waals surface area contributed by atoms with E-state index in [-0.39, 0.29) is 22.2 Å². The minimum atomic E-state index is -4.03. The summed E-state index contributed by atoms with van der Waals surface area (Å²) >= 11 is 11.7. The highest BCUT2D eigenvalue weighted by Crippen LogP contribution is 2.26. The number of sulfonamides is 1. The van der Waals surface area contributed by atoms with Gasteiger partial charge in [0.05, 0.1) is 27.6 Å². The van der Waals surface area contributed by atoms with Gasteiger partial charge >= 0.3 is 0 Å². The molecule has 0 heterocycles. The van der Waals surface area contributed by atoms with Crippen LogP contribution in [0, 0.1) is 5.82 Å². The van der Waals surface area contributed by atoms with Gasteiger partial charge < -0.3 is 10.1 Å². The largest absolute Gasteiger partial charge is 0.496 e. The van der Waals surface area contributed by atoms with Crippen LogP contribution in [0.5, 0.6) is 5.75 Å². The summed E-state index contributed by atoms with van der Waals surface area (Å²) in [5, 5.41) is 2.96. The average molecular weight is 483 g/mol. The monoisotopic (exact) mass is 482 g/mol. The zero-order valence-electron chi connectivity index (χ0n) is 16.2. The first-order valence-corrected chi connectivity index (χ1v) is 11.1. The van der Waals surface area contributed by atoms with E-state index in [4.69, 9.17) is 27.9 Å². The van der Waals surface area contributed by atoms with Gasteiger partial charge in [-0.05, 0) is 42.5 Å². The number of hydrogen-bond acceptors (Lipinski definition) is 4. The Bertz CT molecular complexity index is 1240. The molecule has 0 aromatic heterocycles. The van der Waals surface area contributed by atoms with Crippen LogP contribution in [0.1, 0.15) is 15.9 Å². The van der Waals surface area contributed by atoms with E-state index in [9.17, 15) is 17.6 Å². The van der Waals surface area contributed by atoms with Crippen LogP contribution in [0.15, 0.2) is 65.6 Å². The summed E-state index contributed by atoms with van der Waals surface area (Å²) in [5.74, 6) is -1.19. The summed E-state index contributed by atoms with van der Waals surface area (Å²) in [6.07, 6.45) is 0. The molecule has 3 rings (SSSR count). The van der Waals surface area contributed by atoms with Crippen LogP contribution >= 0.6 is 23.2 Å². The third-order valence-electron chi connectivity index (χ3n) is 4.32. The number of carbonyl (C=O) groups excluding carboxylic acids is 1. The van der Waals surface area contributed by atoms with Crippen molar-refractivity contribution < 1.29 is 22.3 Å².